The molecule has 0 bridgehead atoms. The van der Waals surface area contributed by atoms with E-state index in [-0.39, 0.29) is 0 Å². The van der Waals surface area contributed by atoms with E-state index in [1.807, 2.05) is 0 Å². The average molecular weight is 200 g/mol. The topological polar surface area (TPSA) is 0 Å². The summed E-state index contributed by atoms with van der Waals surface area (Å²) in [5, 5.41) is 0. The largest absolute Gasteiger partial charge is 0.0654 e. The number of benzene rings is 1. The maximum Gasteiger partial charge on any atom is -0.00577 e. The second-order valence-electron chi connectivity index (χ2n) is 4.79. The van der Waals surface area contributed by atoms with Crippen molar-refractivity contribution in [2.45, 2.75) is 47.0 Å². The van der Waals surface area contributed by atoms with Crippen molar-refractivity contribution in [1.29, 1.82) is 0 Å². The predicted octanol–water partition coefficient (Wildman–Crippen LogP) is 4.30. The van der Waals surface area contributed by atoms with E-state index in [4.69, 9.17) is 0 Å². The van der Waals surface area contributed by atoms with Crippen LogP contribution in [0.1, 0.15) is 49.4 Å². The van der Waals surface area contributed by atoms with E-state index < -0.39 is 0 Å². The third kappa shape index (κ3) is 1.73. The highest BCUT2D eigenvalue weighted by Gasteiger charge is 2.18. The Hall–Kier alpha value is -1.04. The van der Waals surface area contributed by atoms with Gasteiger partial charge in [-0.05, 0) is 55.9 Å². The Morgan fingerprint density at radius 2 is 1.87 bits per heavy atom. The van der Waals surface area contributed by atoms with E-state index in [9.17, 15) is 0 Å². The van der Waals surface area contributed by atoms with Crippen LogP contribution in [0.25, 0.3) is 5.57 Å². The van der Waals surface area contributed by atoms with Crippen molar-refractivity contribution in [2.75, 3.05) is 0 Å². The summed E-state index contributed by atoms with van der Waals surface area (Å²) in [6.07, 6.45) is 3.62. The molecule has 1 aromatic carbocycles. The second-order valence-corrected chi connectivity index (χ2v) is 4.79. The Kier molecular flexibility index (Phi) is 2.68. The van der Waals surface area contributed by atoms with Crippen molar-refractivity contribution in [2.24, 2.45) is 0 Å². The summed E-state index contributed by atoms with van der Waals surface area (Å²) in [6.45, 7) is 9.01. The van der Waals surface area contributed by atoms with Gasteiger partial charge in [-0.3, -0.25) is 0 Å². The highest BCUT2D eigenvalue weighted by atomic mass is 14.2. The summed E-state index contributed by atoms with van der Waals surface area (Å²) < 4.78 is 0. The molecular weight excluding hydrogens is 180 g/mol. The van der Waals surface area contributed by atoms with Crippen LogP contribution < -0.4 is 0 Å². The molecule has 0 aliphatic heterocycles. The zero-order valence-corrected chi connectivity index (χ0v) is 10.3. The van der Waals surface area contributed by atoms with Gasteiger partial charge in [0.2, 0.25) is 0 Å². The van der Waals surface area contributed by atoms with Crippen molar-refractivity contribution >= 4 is 5.57 Å². The molecule has 2 rings (SSSR count). The van der Waals surface area contributed by atoms with Crippen LogP contribution in [-0.4, -0.2) is 0 Å². The number of rotatable bonds is 2. The first-order chi connectivity index (χ1) is 7.13. The first-order valence-electron chi connectivity index (χ1n) is 5.92. The molecular formula is C15H20. The minimum absolute atomic E-state index is 1.17. The maximum atomic E-state index is 2.37. The fourth-order valence-electron chi connectivity index (χ4n) is 2.66. The minimum atomic E-state index is 1.17. The molecule has 0 nitrogen and oxygen atoms in total. The van der Waals surface area contributed by atoms with Crippen LogP contribution in [0.4, 0.5) is 0 Å². The summed E-state index contributed by atoms with van der Waals surface area (Å²) in [6, 6.07) is 4.72. The molecule has 0 radical (unpaired) electrons. The third-order valence-electron chi connectivity index (χ3n) is 3.44. The fourth-order valence-corrected chi connectivity index (χ4v) is 2.66. The van der Waals surface area contributed by atoms with Crippen LogP contribution in [0, 0.1) is 6.92 Å². The van der Waals surface area contributed by atoms with Gasteiger partial charge in [0.25, 0.3) is 0 Å². The lowest BCUT2D eigenvalue weighted by atomic mass is 9.94. The fraction of sp³-hybridized carbons (Fsp3) is 0.467. The van der Waals surface area contributed by atoms with Crippen LogP contribution in [0.2, 0.25) is 0 Å². The molecule has 0 spiro atoms. The summed E-state index contributed by atoms with van der Waals surface area (Å²) in [7, 11) is 0. The molecule has 1 aliphatic carbocycles. The Morgan fingerprint density at radius 3 is 2.53 bits per heavy atom. The molecule has 0 atom stereocenters. The molecule has 0 N–H and O–H groups in total. The molecule has 1 aromatic rings. The van der Waals surface area contributed by atoms with Gasteiger partial charge in [0.05, 0.1) is 0 Å². The highest BCUT2D eigenvalue weighted by Crippen LogP contribution is 2.35. The zero-order chi connectivity index (χ0) is 11.0. The van der Waals surface area contributed by atoms with Gasteiger partial charge in [0, 0.05) is 0 Å². The van der Waals surface area contributed by atoms with Crippen molar-refractivity contribution in [1.82, 2.24) is 0 Å². The molecule has 0 fully saturated rings. The van der Waals surface area contributed by atoms with E-state index in [1.54, 1.807) is 22.3 Å². The Balaban J connectivity index is 2.56. The van der Waals surface area contributed by atoms with Crippen molar-refractivity contribution in [3.05, 3.63) is 40.0 Å². The summed E-state index contributed by atoms with van der Waals surface area (Å²) >= 11 is 0. The van der Waals surface area contributed by atoms with Gasteiger partial charge in [-0.15, -0.1) is 0 Å². The first kappa shape index (κ1) is 10.5. The van der Waals surface area contributed by atoms with Gasteiger partial charge in [0.15, 0.2) is 0 Å². The predicted molar refractivity (Wildman–Crippen MR) is 67.1 cm³/mol. The van der Waals surface area contributed by atoms with E-state index in [0.717, 1.165) is 0 Å². The zero-order valence-electron chi connectivity index (χ0n) is 10.3. The Bertz CT molecular complexity index is 422. The van der Waals surface area contributed by atoms with Gasteiger partial charge in [-0.2, -0.15) is 0 Å². The lowest BCUT2D eigenvalue weighted by Gasteiger charge is -2.11. The van der Waals surface area contributed by atoms with Crippen molar-refractivity contribution < 1.29 is 0 Å². The Labute approximate surface area is 93.0 Å². The molecule has 0 heteroatoms. The van der Waals surface area contributed by atoms with Gasteiger partial charge in [-0.1, -0.05) is 36.6 Å². The molecule has 0 unspecified atom stereocenters. The maximum absolute atomic E-state index is 2.37. The lowest BCUT2D eigenvalue weighted by Crippen LogP contribution is -1.95. The van der Waals surface area contributed by atoms with E-state index in [0.29, 0.717) is 0 Å². The smallest absolute Gasteiger partial charge is 0.00577 e. The van der Waals surface area contributed by atoms with Crippen molar-refractivity contribution in [3.63, 3.8) is 0 Å². The van der Waals surface area contributed by atoms with Crippen LogP contribution in [0.15, 0.2) is 17.7 Å². The standard InChI is InChI=1S/C15H20/c1-5-6-13-7-10(2)8-14-9-11(3)12(4)15(13)14/h7-8H,5-6,9H2,1-4H3. The number of hydrogen-bond acceptors (Lipinski definition) is 0. The molecule has 0 saturated heterocycles. The normalized spacial score (nSPS) is 14.7. The summed E-state index contributed by atoms with van der Waals surface area (Å²) in [4.78, 5) is 0. The number of allylic oxidation sites excluding steroid dienone is 2. The molecule has 0 amide bonds. The van der Waals surface area contributed by atoms with Crippen LogP contribution >= 0.6 is 0 Å². The molecule has 15 heavy (non-hydrogen) atoms. The molecule has 80 valence electrons. The highest BCUT2D eigenvalue weighted by molar-refractivity contribution is 5.77. The number of hydrogen-bond donors (Lipinski definition) is 0. The van der Waals surface area contributed by atoms with E-state index in [1.165, 1.54) is 30.4 Å². The van der Waals surface area contributed by atoms with E-state index >= 15 is 0 Å². The monoisotopic (exact) mass is 200 g/mol. The third-order valence-corrected chi connectivity index (χ3v) is 3.44. The molecule has 1 aliphatic rings. The summed E-state index contributed by atoms with van der Waals surface area (Å²) in [5.74, 6) is 0. The quantitative estimate of drug-likeness (QED) is 0.668. The van der Waals surface area contributed by atoms with Gasteiger partial charge in [-0.25, -0.2) is 0 Å². The van der Waals surface area contributed by atoms with Crippen LogP contribution in [0.3, 0.4) is 0 Å². The molecule has 0 saturated carbocycles. The minimum Gasteiger partial charge on any atom is -0.0654 e. The van der Waals surface area contributed by atoms with E-state index in [2.05, 4.69) is 39.8 Å². The van der Waals surface area contributed by atoms with Crippen molar-refractivity contribution in [3.8, 4) is 0 Å². The van der Waals surface area contributed by atoms with Gasteiger partial charge < -0.3 is 0 Å². The van der Waals surface area contributed by atoms with Crippen LogP contribution in [-0.2, 0) is 12.8 Å². The van der Waals surface area contributed by atoms with Gasteiger partial charge >= 0.3 is 0 Å². The Morgan fingerprint density at radius 1 is 1.13 bits per heavy atom. The number of aryl methyl sites for hydroxylation is 2. The first-order valence-corrected chi connectivity index (χ1v) is 5.92. The van der Waals surface area contributed by atoms with Gasteiger partial charge in [0.1, 0.15) is 0 Å². The molecule has 0 aromatic heterocycles. The second kappa shape index (κ2) is 3.84. The SMILES string of the molecule is CCCc1cc(C)cc2c1C(C)=C(C)C2. The summed E-state index contributed by atoms with van der Waals surface area (Å²) in [5.41, 5.74) is 9.15. The lowest BCUT2D eigenvalue weighted by molar-refractivity contribution is 0.914. The molecule has 0 heterocycles. The number of fused-ring (bicyclic) bond motifs is 1. The van der Waals surface area contributed by atoms with Crippen LogP contribution in [0.5, 0.6) is 0 Å². The average Bonchev–Trinajstić information content (AvgIpc) is 2.42.